The first-order valence-corrected chi connectivity index (χ1v) is 6.04. The Hall–Kier alpha value is -1.92. The molecule has 2 unspecified atom stereocenters. The van der Waals surface area contributed by atoms with E-state index in [4.69, 9.17) is 9.84 Å². The molecule has 0 bridgehead atoms. The van der Waals surface area contributed by atoms with Crippen LogP contribution in [-0.2, 0) is 9.53 Å². The summed E-state index contributed by atoms with van der Waals surface area (Å²) in [5.74, 6) is -2.04. The number of carboxylic acids is 1. The van der Waals surface area contributed by atoms with E-state index in [2.05, 4.69) is 0 Å². The van der Waals surface area contributed by atoms with E-state index in [-0.39, 0.29) is 11.1 Å². The molecule has 1 rings (SSSR count). The number of aliphatic hydroxyl groups is 2. The maximum absolute atomic E-state index is 11.8. The van der Waals surface area contributed by atoms with E-state index >= 15 is 0 Å². The number of esters is 1. The number of aliphatic hydroxyl groups excluding tert-OH is 2. The Balaban J connectivity index is 2.84. The van der Waals surface area contributed by atoms with Gasteiger partial charge in [-0.25, -0.2) is 9.59 Å². The lowest BCUT2D eigenvalue weighted by Gasteiger charge is -2.20. The lowest BCUT2D eigenvalue weighted by Crippen LogP contribution is -2.27. The maximum Gasteiger partial charge on any atom is 0.338 e. The zero-order valence-electron chi connectivity index (χ0n) is 11.5. The SMILES string of the molecule is CC(C)(C)OC(=O)c1ccc(C(O)C(O)C(=O)O)cc1. The van der Waals surface area contributed by atoms with Crippen molar-refractivity contribution in [3.63, 3.8) is 0 Å². The minimum absolute atomic E-state index is 0.201. The summed E-state index contributed by atoms with van der Waals surface area (Å²) >= 11 is 0. The van der Waals surface area contributed by atoms with Crippen molar-refractivity contribution < 1.29 is 29.6 Å². The van der Waals surface area contributed by atoms with Gasteiger partial charge in [-0.15, -0.1) is 0 Å². The fourth-order valence-corrected chi connectivity index (χ4v) is 1.47. The van der Waals surface area contributed by atoms with E-state index in [0.29, 0.717) is 0 Å². The fourth-order valence-electron chi connectivity index (χ4n) is 1.47. The van der Waals surface area contributed by atoms with Crippen LogP contribution in [0, 0.1) is 0 Å². The number of carbonyl (C=O) groups excluding carboxylic acids is 1. The Morgan fingerprint density at radius 2 is 1.60 bits per heavy atom. The average Bonchev–Trinajstić information content (AvgIpc) is 2.35. The second-order valence-electron chi connectivity index (χ2n) is 5.35. The van der Waals surface area contributed by atoms with Crippen LogP contribution in [0.25, 0.3) is 0 Å². The van der Waals surface area contributed by atoms with Gasteiger partial charge in [0, 0.05) is 0 Å². The van der Waals surface area contributed by atoms with E-state index in [1.54, 1.807) is 20.8 Å². The maximum atomic E-state index is 11.8. The van der Waals surface area contributed by atoms with Crippen LogP contribution in [0.1, 0.15) is 42.8 Å². The quantitative estimate of drug-likeness (QED) is 0.715. The summed E-state index contributed by atoms with van der Waals surface area (Å²) in [6.45, 7) is 5.23. The van der Waals surface area contributed by atoms with Crippen LogP contribution in [0.15, 0.2) is 24.3 Å². The molecule has 0 amide bonds. The monoisotopic (exact) mass is 282 g/mol. The van der Waals surface area contributed by atoms with Crippen LogP contribution >= 0.6 is 0 Å². The van der Waals surface area contributed by atoms with Crippen LogP contribution in [0.3, 0.4) is 0 Å². The third kappa shape index (κ3) is 4.32. The lowest BCUT2D eigenvalue weighted by molar-refractivity contribution is -0.153. The molecule has 0 spiro atoms. The molecule has 6 heteroatoms. The summed E-state index contributed by atoms with van der Waals surface area (Å²) < 4.78 is 5.16. The highest BCUT2D eigenvalue weighted by Crippen LogP contribution is 2.19. The van der Waals surface area contributed by atoms with Gasteiger partial charge in [-0.1, -0.05) is 12.1 Å². The average molecular weight is 282 g/mol. The largest absolute Gasteiger partial charge is 0.479 e. The number of benzene rings is 1. The van der Waals surface area contributed by atoms with Gasteiger partial charge in [0.05, 0.1) is 5.56 Å². The van der Waals surface area contributed by atoms with Crippen molar-refractivity contribution in [1.29, 1.82) is 0 Å². The molecular formula is C14H18O6. The number of rotatable bonds is 4. The van der Waals surface area contributed by atoms with Crippen LogP contribution in [-0.4, -0.2) is 39.0 Å². The van der Waals surface area contributed by atoms with Crippen molar-refractivity contribution in [1.82, 2.24) is 0 Å². The van der Waals surface area contributed by atoms with Gasteiger partial charge in [-0.3, -0.25) is 0 Å². The van der Waals surface area contributed by atoms with Gasteiger partial charge in [0.15, 0.2) is 6.10 Å². The minimum atomic E-state index is -1.91. The lowest BCUT2D eigenvalue weighted by atomic mass is 10.0. The molecule has 1 aromatic carbocycles. The highest BCUT2D eigenvalue weighted by Gasteiger charge is 2.25. The number of hydrogen-bond acceptors (Lipinski definition) is 5. The summed E-state index contributed by atoms with van der Waals surface area (Å²) in [5, 5.41) is 27.5. The predicted molar refractivity (Wildman–Crippen MR) is 70.2 cm³/mol. The van der Waals surface area contributed by atoms with Crippen LogP contribution in [0.5, 0.6) is 0 Å². The molecular weight excluding hydrogens is 264 g/mol. The first-order valence-electron chi connectivity index (χ1n) is 6.04. The molecule has 0 aliphatic carbocycles. The molecule has 6 nitrogen and oxygen atoms in total. The summed E-state index contributed by atoms with van der Waals surface area (Å²) in [6.07, 6.45) is -3.47. The number of carbonyl (C=O) groups is 2. The topological polar surface area (TPSA) is 104 Å². The van der Waals surface area contributed by atoms with Crippen LogP contribution in [0.2, 0.25) is 0 Å². The van der Waals surface area contributed by atoms with Crippen LogP contribution in [0.4, 0.5) is 0 Å². The standard InChI is InChI=1S/C14H18O6/c1-14(2,3)20-13(19)9-6-4-8(5-7-9)10(15)11(16)12(17)18/h4-7,10-11,15-16H,1-3H3,(H,17,18). The molecule has 20 heavy (non-hydrogen) atoms. The minimum Gasteiger partial charge on any atom is -0.479 e. The third-order valence-electron chi connectivity index (χ3n) is 2.44. The van der Waals surface area contributed by atoms with E-state index in [9.17, 15) is 19.8 Å². The Labute approximate surface area is 116 Å². The molecule has 0 saturated heterocycles. The van der Waals surface area contributed by atoms with Crippen molar-refractivity contribution in [2.75, 3.05) is 0 Å². The van der Waals surface area contributed by atoms with Crippen LogP contribution < -0.4 is 0 Å². The van der Waals surface area contributed by atoms with Gasteiger partial charge in [0.25, 0.3) is 0 Å². The normalized spacial score (nSPS) is 14.4. The van der Waals surface area contributed by atoms with Gasteiger partial charge in [0.1, 0.15) is 11.7 Å². The number of ether oxygens (including phenoxy) is 1. The molecule has 2 atom stereocenters. The second kappa shape index (κ2) is 6.02. The smallest absolute Gasteiger partial charge is 0.338 e. The third-order valence-corrected chi connectivity index (χ3v) is 2.44. The Bertz CT molecular complexity index is 485. The van der Waals surface area contributed by atoms with Gasteiger partial charge < -0.3 is 20.1 Å². The number of carboxylic acid groups (broad SMARTS) is 1. The van der Waals surface area contributed by atoms with E-state index in [1.165, 1.54) is 24.3 Å². The summed E-state index contributed by atoms with van der Waals surface area (Å²) in [4.78, 5) is 22.3. The molecule has 0 radical (unpaired) electrons. The molecule has 110 valence electrons. The summed E-state index contributed by atoms with van der Waals surface area (Å²) in [6, 6.07) is 5.55. The Morgan fingerprint density at radius 1 is 1.10 bits per heavy atom. The summed E-state index contributed by atoms with van der Waals surface area (Å²) in [5.41, 5.74) is -0.137. The molecule has 0 aliphatic heterocycles. The highest BCUT2D eigenvalue weighted by atomic mass is 16.6. The van der Waals surface area contributed by atoms with Gasteiger partial charge in [-0.05, 0) is 38.5 Å². The van der Waals surface area contributed by atoms with Gasteiger partial charge in [0.2, 0.25) is 0 Å². The van der Waals surface area contributed by atoms with Crippen molar-refractivity contribution in [2.45, 2.75) is 38.6 Å². The zero-order valence-corrected chi connectivity index (χ0v) is 11.5. The van der Waals surface area contributed by atoms with E-state index < -0.39 is 29.7 Å². The van der Waals surface area contributed by atoms with Crippen molar-refractivity contribution in [3.05, 3.63) is 35.4 Å². The molecule has 0 aliphatic rings. The van der Waals surface area contributed by atoms with Crippen molar-refractivity contribution in [2.24, 2.45) is 0 Å². The highest BCUT2D eigenvalue weighted by molar-refractivity contribution is 5.89. The van der Waals surface area contributed by atoms with E-state index in [1.807, 2.05) is 0 Å². The number of hydrogen-bond donors (Lipinski definition) is 3. The molecule has 0 saturated carbocycles. The number of aliphatic carboxylic acids is 1. The fraction of sp³-hybridized carbons (Fsp3) is 0.429. The summed E-state index contributed by atoms with van der Waals surface area (Å²) in [7, 11) is 0. The molecule has 3 N–H and O–H groups in total. The Morgan fingerprint density at radius 3 is 2.00 bits per heavy atom. The molecule has 0 aromatic heterocycles. The van der Waals surface area contributed by atoms with Gasteiger partial charge >= 0.3 is 11.9 Å². The molecule has 0 fully saturated rings. The predicted octanol–water partition coefficient (Wildman–Crippen LogP) is 1.12. The zero-order chi connectivity index (χ0) is 15.5. The first kappa shape index (κ1) is 16.1. The Kier molecular flexibility index (Phi) is 4.86. The molecule has 1 aromatic rings. The first-order chi connectivity index (χ1) is 9.11. The van der Waals surface area contributed by atoms with E-state index in [0.717, 1.165) is 0 Å². The van der Waals surface area contributed by atoms with Crippen molar-refractivity contribution >= 4 is 11.9 Å². The van der Waals surface area contributed by atoms with Crippen molar-refractivity contribution in [3.8, 4) is 0 Å². The van der Waals surface area contributed by atoms with Gasteiger partial charge in [-0.2, -0.15) is 0 Å². The second-order valence-corrected chi connectivity index (χ2v) is 5.35. The molecule has 0 heterocycles.